The van der Waals surface area contributed by atoms with E-state index in [0.29, 0.717) is 22.6 Å². The van der Waals surface area contributed by atoms with Crippen LogP contribution in [0.25, 0.3) is 11.8 Å². The van der Waals surface area contributed by atoms with Crippen LogP contribution in [-0.4, -0.2) is 27.3 Å². The summed E-state index contributed by atoms with van der Waals surface area (Å²) in [4.78, 5) is 49.8. The number of halogens is 2. The largest absolute Gasteiger partial charge is 0.335 e. The fraction of sp³-hybridized carbons (Fsp3) is 0.125. The molecule has 1 aliphatic rings. The monoisotopic (exact) mass is 556 g/mol. The van der Waals surface area contributed by atoms with Crippen molar-refractivity contribution in [2.45, 2.75) is 20.8 Å². The molecule has 0 saturated carbocycles. The van der Waals surface area contributed by atoms with Crippen LogP contribution in [-0.2, 0) is 9.59 Å². The molecule has 0 aliphatic carbocycles. The standard InChI is InChI=1S/C24H18BrClN4O5/c1-12-8-16(4-6-19(12)25)29-23(32)18(22(31)27-24(29)33)10-15-9-13(2)28(14(15)3)17-5-7-21(30(34)35)20(26)11-17/h4-11H,1-3H3,(H,27,31,33)/b18-10+. The lowest BCUT2D eigenvalue weighted by molar-refractivity contribution is -0.384. The Balaban J connectivity index is 1.76. The maximum Gasteiger partial charge on any atom is 0.335 e. The van der Waals surface area contributed by atoms with E-state index in [1.54, 1.807) is 41.8 Å². The topological polar surface area (TPSA) is 115 Å². The van der Waals surface area contributed by atoms with Gasteiger partial charge >= 0.3 is 6.03 Å². The van der Waals surface area contributed by atoms with Gasteiger partial charge in [0.2, 0.25) is 0 Å². The molecule has 1 aliphatic heterocycles. The van der Waals surface area contributed by atoms with Crippen molar-refractivity contribution in [3.63, 3.8) is 0 Å². The fourth-order valence-corrected chi connectivity index (χ4v) is 4.42. The van der Waals surface area contributed by atoms with E-state index in [9.17, 15) is 24.5 Å². The molecule has 3 aromatic rings. The van der Waals surface area contributed by atoms with Crippen LogP contribution in [0, 0.1) is 30.9 Å². The van der Waals surface area contributed by atoms with Crippen LogP contribution in [0.1, 0.15) is 22.5 Å². The molecule has 4 rings (SSSR count). The van der Waals surface area contributed by atoms with E-state index in [1.807, 2.05) is 13.8 Å². The number of carbonyl (C=O) groups excluding carboxylic acids is 3. The second-order valence-electron chi connectivity index (χ2n) is 7.95. The zero-order valence-electron chi connectivity index (χ0n) is 18.8. The molecule has 9 nitrogen and oxygen atoms in total. The molecule has 2 heterocycles. The molecule has 2 aromatic carbocycles. The van der Waals surface area contributed by atoms with Gasteiger partial charge in [-0.2, -0.15) is 0 Å². The predicted molar refractivity (Wildman–Crippen MR) is 135 cm³/mol. The van der Waals surface area contributed by atoms with Gasteiger partial charge in [-0.1, -0.05) is 27.5 Å². The third kappa shape index (κ3) is 4.38. The zero-order valence-corrected chi connectivity index (χ0v) is 21.1. The van der Waals surface area contributed by atoms with Crippen LogP contribution in [0.3, 0.4) is 0 Å². The highest BCUT2D eigenvalue weighted by Crippen LogP contribution is 2.31. The van der Waals surface area contributed by atoms with Crippen LogP contribution in [0.5, 0.6) is 0 Å². The number of aromatic nitrogens is 1. The van der Waals surface area contributed by atoms with Gasteiger partial charge in [-0.05, 0) is 74.4 Å². The quantitative estimate of drug-likeness (QED) is 0.200. The van der Waals surface area contributed by atoms with Gasteiger partial charge in [0.05, 0.1) is 10.6 Å². The Morgan fingerprint density at radius 2 is 1.71 bits per heavy atom. The van der Waals surface area contributed by atoms with Gasteiger partial charge in [-0.3, -0.25) is 25.0 Å². The van der Waals surface area contributed by atoms with Gasteiger partial charge in [-0.15, -0.1) is 0 Å². The van der Waals surface area contributed by atoms with Gasteiger partial charge in [-0.25, -0.2) is 9.69 Å². The average molecular weight is 558 g/mol. The first kappa shape index (κ1) is 24.4. The van der Waals surface area contributed by atoms with Crippen molar-refractivity contribution < 1.29 is 19.3 Å². The minimum Gasteiger partial charge on any atom is -0.318 e. The SMILES string of the molecule is Cc1cc(N2C(=O)NC(=O)/C(=C\c3cc(C)n(-c4ccc([N+](=O)[O-])c(Cl)c4)c3C)C2=O)ccc1Br. The summed E-state index contributed by atoms with van der Waals surface area (Å²) < 4.78 is 2.62. The summed E-state index contributed by atoms with van der Waals surface area (Å²) in [6.45, 7) is 5.41. The highest BCUT2D eigenvalue weighted by molar-refractivity contribution is 9.10. The van der Waals surface area contributed by atoms with Gasteiger partial charge in [0.15, 0.2) is 0 Å². The number of nitrogens with zero attached hydrogens (tertiary/aromatic N) is 3. The predicted octanol–water partition coefficient (Wildman–Crippen LogP) is 5.39. The lowest BCUT2D eigenvalue weighted by Gasteiger charge is -2.26. The molecule has 0 unspecified atom stereocenters. The van der Waals surface area contributed by atoms with Crippen molar-refractivity contribution in [1.82, 2.24) is 9.88 Å². The van der Waals surface area contributed by atoms with E-state index in [-0.39, 0.29) is 16.3 Å². The number of carbonyl (C=O) groups is 3. The molecule has 1 fully saturated rings. The van der Waals surface area contributed by atoms with Crippen LogP contribution in [0.15, 0.2) is 52.5 Å². The minimum absolute atomic E-state index is 0.0133. The fourth-order valence-electron chi connectivity index (χ4n) is 3.93. The molecular formula is C24H18BrClN4O5. The first-order valence-corrected chi connectivity index (χ1v) is 11.5. The number of benzene rings is 2. The molecule has 1 saturated heterocycles. The molecule has 4 amide bonds. The smallest absolute Gasteiger partial charge is 0.318 e. The summed E-state index contributed by atoms with van der Waals surface area (Å²) >= 11 is 9.47. The number of barbiturate groups is 1. The van der Waals surface area contributed by atoms with Gasteiger partial charge in [0.1, 0.15) is 10.6 Å². The average Bonchev–Trinajstić information content (AvgIpc) is 3.05. The number of nitro benzene ring substituents is 1. The van der Waals surface area contributed by atoms with E-state index in [2.05, 4.69) is 21.2 Å². The van der Waals surface area contributed by atoms with E-state index in [0.717, 1.165) is 20.6 Å². The summed E-state index contributed by atoms with van der Waals surface area (Å²) in [5.41, 5.74) is 3.31. The van der Waals surface area contributed by atoms with Gasteiger partial charge < -0.3 is 4.57 Å². The number of hydrogen-bond acceptors (Lipinski definition) is 5. The van der Waals surface area contributed by atoms with Gasteiger partial charge in [0.25, 0.3) is 17.5 Å². The number of nitrogens with one attached hydrogen (secondary N) is 1. The molecule has 1 N–H and O–H groups in total. The Labute approximate surface area is 213 Å². The van der Waals surface area contributed by atoms with Crippen molar-refractivity contribution in [3.8, 4) is 5.69 Å². The molecule has 178 valence electrons. The lowest BCUT2D eigenvalue weighted by atomic mass is 10.1. The molecule has 1 aromatic heterocycles. The summed E-state index contributed by atoms with van der Waals surface area (Å²) in [5, 5.41) is 13.3. The third-order valence-corrected chi connectivity index (χ3v) is 6.85. The van der Waals surface area contributed by atoms with Crippen molar-refractivity contribution in [1.29, 1.82) is 0 Å². The molecule has 0 atom stereocenters. The second-order valence-corrected chi connectivity index (χ2v) is 9.21. The molecule has 0 bridgehead atoms. The number of hydrogen-bond donors (Lipinski definition) is 1. The minimum atomic E-state index is -0.829. The van der Waals surface area contributed by atoms with Crippen molar-refractivity contribution in [2.24, 2.45) is 0 Å². The highest BCUT2D eigenvalue weighted by Gasteiger charge is 2.37. The first-order valence-electron chi connectivity index (χ1n) is 10.3. The number of urea groups is 1. The van der Waals surface area contributed by atoms with Crippen LogP contribution in [0.4, 0.5) is 16.2 Å². The number of rotatable bonds is 4. The molecular weight excluding hydrogens is 540 g/mol. The van der Waals surface area contributed by atoms with Crippen LogP contribution < -0.4 is 10.2 Å². The number of amides is 4. The van der Waals surface area contributed by atoms with Crippen LogP contribution >= 0.6 is 27.5 Å². The Morgan fingerprint density at radius 3 is 2.34 bits per heavy atom. The Morgan fingerprint density at radius 1 is 1.03 bits per heavy atom. The van der Waals surface area contributed by atoms with Crippen LogP contribution in [0.2, 0.25) is 5.02 Å². The highest BCUT2D eigenvalue weighted by atomic mass is 79.9. The Kier molecular flexibility index (Phi) is 6.35. The number of imide groups is 2. The summed E-state index contributed by atoms with van der Waals surface area (Å²) in [7, 11) is 0. The van der Waals surface area contributed by atoms with E-state index >= 15 is 0 Å². The molecule has 0 radical (unpaired) electrons. The first-order chi connectivity index (χ1) is 16.5. The summed E-state index contributed by atoms with van der Waals surface area (Å²) in [6, 6.07) is 10.3. The number of anilines is 1. The number of nitro groups is 1. The third-order valence-electron chi connectivity index (χ3n) is 5.66. The maximum atomic E-state index is 13.2. The summed E-state index contributed by atoms with van der Waals surface area (Å²) in [6.07, 6.45) is 1.43. The van der Waals surface area contributed by atoms with Crippen molar-refractivity contribution in [2.75, 3.05) is 4.90 Å². The zero-order chi connectivity index (χ0) is 25.6. The van der Waals surface area contributed by atoms with Crippen molar-refractivity contribution >= 4 is 62.8 Å². The summed E-state index contributed by atoms with van der Waals surface area (Å²) in [5.74, 6) is -1.54. The molecule has 35 heavy (non-hydrogen) atoms. The molecule has 11 heteroatoms. The molecule has 0 spiro atoms. The second kappa shape index (κ2) is 9.12. The van der Waals surface area contributed by atoms with E-state index in [1.165, 1.54) is 18.2 Å². The Hall–Kier alpha value is -3.76. The maximum absolute atomic E-state index is 13.2. The normalized spacial score (nSPS) is 15.1. The van der Waals surface area contributed by atoms with E-state index in [4.69, 9.17) is 11.6 Å². The Bertz CT molecular complexity index is 1480. The number of aryl methyl sites for hydroxylation is 2. The van der Waals surface area contributed by atoms with Crippen molar-refractivity contribution in [3.05, 3.63) is 90.2 Å². The lowest BCUT2D eigenvalue weighted by Crippen LogP contribution is -2.54. The van der Waals surface area contributed by atoms with E-state index < -0.39 is 22.8 Å². The van der Waals surface area contributed by atoms with Gasteiger partial charge in [0, 0.05) is 27.6 Å².